The molecule has 6 heteroatoms. The highest BCUT2D eigenvalue weighted by atomic mass is 35.5. The van der Waals surface area contributed by atoms with E-state index in [2.05, 4.69) is 5.32 Å². The molecular weight excluding hydrogens is 295 g/mol. The Morgan fingerprint density at radius 1 is 1.24 bits per heavy atom. The minimum absolute atomic E-state index is 0.0150. The van der Waals surface area contributed by atoms with Crippen molar-refractivity contribution in [1.82, 2.24) is 0 Å². The van der Waals surface area contributed by atoms with Crippen LogP contribution in [0.5, 0.6) is 5.75 Å². The standard InChI is InChI=1S/C15H14ClFN2O2/c16-12-2-1-3-13(15(12)17)21-9-8-14(20)19-11-6-4-10(18)5-7-11/h1-7H,8-9,18H2,(H,19,20). The van der Waals surface area contributed by atoms with Crippen LogP contribution in [-0.2, 0) is 4.79 Å². The van der Waals surface area contributed by atoms with E-state index in [0.717, 1.165) is 0 Å². The Morgan fingerprint density at radius 3 is 2.67 bits per heavy atom. The predicted octanol–water partition coefficient (Wildman–Crippen LogP) is 3.47. The van der Waals surface area contributed by atoms with Crippen molar-refractivity contribution in [3.63, 3.8) is 0 Å². The highest BCUT2D eigenvalue weighted by Crippen LogP contribution is 2.24. The number of carbonyl (C=O) groups is 1. The summed E-state index contributed by atoms with van der Waals surface area (Å²) in [5.74, 6) is -0.830. The number of rotatable bonds is 5. The Bertz CT molecular complexity index is 632. The lowest BCUT2D eigenvalue weighted by atomic mass is 10.3. The number of amides is 1. The molecule has 2 aromatic rings. The van der Waals surface area contributed by atoms with Gasteiger partial charge in [0.25, 0.3) is 0 Å². The molecule has 0 saturated heterocycles. The van der Waals surface area contributed by atoms with E-state index in [-0.39, 0.29) is 29.7 Å². The zero-order chi connectivity index (χ0) is 15.2. The second kappa shape index (κ2) is 6.95. The average molecular weight is 309 g/mol. The first-order valence-electron chi connectivity index (χ1n) is 6.28. The zero-order valence-corrected chi connectivity index (χ0v) is 11.9. The van der Waals surface area contributed by atoms with Crippen molar-refractivity contribution in [2.45, 2.75) is 6.42 Å². The van der Waals surface area contributed by atoms with Gasteiger partial charge in [-0.2, -0.15) is 0 Å². The van der Waals surface area contributed by atoms with E-state index >= 15 is 0 Å². The molecule has 0 atom stereocenters. The lowest BCUT2D eigenvalue weighted by Gasteiger charge is -2.08. The van der Waals surface area contributed by atoms with E-state index < -0.39 is 5.82 Å². The number of halogens is 2. The third-order valence-electron chi connectivity index (χ3n) is 2.70. The van der Waals surface area contributed by atoms with Crippen LogP contribution in [0.15, 0.2) is 42.5 Å². The van der Waals surface area contributed by atoms with Gasteiger partial charge in [-0.1, -0.05) is 17.7 Å². The number of nitrogens with one attached hydrogen (secondary N) is 1. The second-order valence-corrected chi connectivity index (χ2v) is 4.73. The lowest BCUT2D eigenvalue weighted by Crippen LogP contribution is -2.15. The van der Waals surface area contributed by atoms with Crippen molar-refractivity contribution in [2.75, 3.05) is 17.7 Å². The summed E-state index contributed by atoms with van der Waals surface area (Å²) in [6.07, 6.45) is 0.0936. The quantitative estimate of drug-likeness (QED) is 0.831. The molecule has 0 spiro atoms. The molecule has 4 nitrogen and oxygen atoms in total. The van der Waals surface area contributed by atoms with E-state index in [1.807, 2.05) is 0 Å². The molecule has 0 aliphatic heterocycles. The molecule has 2 rings (SSSR count). The molecule has 0 bridgehead atoms. The maximum absolute atomic E-state index is 13.5. The van der Waals surface area contributed by atoms with Crippen molar-refractivity contribution in [3.8, 4) is 5.75 Å². The smallest absolute Gasteiger partial charge is 0.227 e. The highest BCUT2D eigenvalue weighted by molar-refractivity contribution is 6.30. The van der Waals surface area contributed by atoms with Crippen molar-refractivity contribution < 1.29 is 13.9 Å². The van der Waals surface area contributed by atoms with Crippen LogP contribution in [0.25, 0.3) is 0 Å². The second-order valence-electron chi connectivity index (χ2n) is 4.32. The Labute approximate surface area is 126 Å². The number of benzene rings is 2. The van der Waals surface area contributed by atoms with Crippen LogP contribution < -0.4 is 15.8 Å². The third kappa shape index (κ3) is 4.36. The monoisotopic (exact) mass is 308 g/mol. The van der Waals surface area contributed by atoms with E-state index in [1.54, 1.807) is 30.3 Å². The summed E-state index contributed by atoms with van der Waals surface area (Å²) in [5, 5.41) is 2.67. The van der Waals surface area contributed by atoms with Crippen molar-refractivity contribution in [3.05, 3.63) is 53.3 Å². The lowest BCUT2D eigenvalue weighted by molar-refractivity contribution is -0.116. The molecule has 0 radical (unpaired) electrons. The van der Waals surface area contributed by atoms with Crippen LogP contribution in [0.3, 0.4) is 0 Å². The molecule has 0 aromatic heterocycles. The van der Waals surface area contributed by atoms with Gasteiger partial charge < -0.3 is 15.8 Å². The molecule has 21 heavy (non-hydrogen) atoms. The molecule has 0 saturated carbocycles. The Hall–Kier alpha value is -2.27. The van der Waals surface area contributed by atoms with E-state index in [1.165, 1.54) is 12.1 Å². The van der Waals surface area contributed by atoms with Crippen molar-refractivity contribution in [1.29, 1.82) is 0 Å². The minimum atomic E-state index is -0.627. The SMILES string of the molecule is Nc1ccc(NC(=O)CCOc2cccc(Cl)c2F)cc1. The van der Waals surface area contributed by atoms with Crippen molar-refractivity contribution >= 4 is 28.9 Å². The molecule has 3 N–H and O–H groups in total. The largest absolute Gasteiger partial charge is 0.490 e. The summed E-state index contributed by atoms with van der Waals surface area (Å²) in [7, 11) is 0. The van der Waals surface area contributed by atoms with Gasteiger partial charge in [0.2, 0.25) is 5.91 Å². The number of nitrogen functional groups attached to an aromatic ring is 1. The predicted molar refractivity (Wildman–Crippen MR) is 81.0 cm³/mol. The molecule has 0 heterocycles. The van der Waals surface area contributed by atoms with Crippen LogP contribution in [0.1, 0.15) is 6.42 Å². The Kier molecular flexibility index (Phi) is 5.00. The first-order valence-corrected chi connectivity index (χ1v) is 6.66. The minimum Gasteiger partial charge on any atom is -0.490 e. The van der Waals surface area contributed by atoms with E-state index in [4.69, 9.17) is 22.1 Å². The van der Waals surface area contributed by atoms with Crippen molar-refractivity contribution in [2.24, 2.45) is 0 Å². The van der Waals surface area contributed by atoms with Crippen LogP contribution in [-0.4, -0.2) is 12.5 Å². The average Bonchev–Trinajstić information content (AvgIpc) is 2.46. The van der Waals surface area contributed by atoms with Gasteiger partial charge >= 0.3 is 0 Å². The first-order chi connectivity index (χ1) is 10.1. The fourth-order valence-corrected chi connectivity index (χ4v) is 1.80. The fraction of sp³-hybridized carbons (Fsp3) is 0.133. The molecule has 0 unspecified atom stereocenters. The Morgan fingerprint density at radius 2 is 1.95 bits per heavy atom. The van der Waals surface area contributed by atoms with Crippen LogP contribution in [0.2, 0.25) is 5.02 Å². The molecule has 2 aromatic carbocycles. The van der Waals surface area contributed by atoms with Crippen LogP contribution in [0, 0.1) is 5.82 Å². The van der Waals surface area contributed by atoms with Gasteiger partial charge in [0.05, 0.1) is 18.1 Å². The maximum Gasteiger partial charge on any atom is 0.227 e. The third-order valence-corrected chi connectivity index (χ3v) is 2.99. The Balaban J connectivity index is 1.81. The van der Waals surface area contributed by atoms with Gasteiger partial charge in [0, 0.05) is 11.4 Å². The first kappa shape index (κ1) is 15.1. The number of hydrogen-bond donors (Lipinski definition) is 2. The number of anilines is 2. The van der Waals surface area contributed by atoms with Crippen LogP contribution >= 0.6 is 11.6 Å². The molecule has 0 aliphatic rings. The fourth-order valence-electron chi connectivity index (χ4n) is 1.64. The summed E-state index contributed by atoms with van der Waals surface area (Å²) in [6, 6.07) is 11.2. The van der Waals surface area contributed by atoms with E-state index in [0.29, 0.717) is 11.4 Å². The van der Waals surface area contributed by atoms with E-state index in [9.17, 15) is 9.18 Å². The van der Waals surface area contributed by atoms with Crippen LogP contribution in [0.4, 0.5) is 15.8 Å². The number of nitrogens with two attached hydrogens (primary N) is 1. The van der Waals surface area contributed by atoms with Gasteiger partial charge in [-0.3, -0.25) is 4.79 Å². The number of ether oxygens (including phenoxy) is 1. The van der Waals surface area contributed by atoms with Gasteiger partial charge in [-0.25, -0.2) is 4.39 Å². The topological polar surface area (TPSA) is 64.3 Å². The van der Waals surface area contributed by atoms with Gasteiger partial charge in [0.1, 0.15) is 0 Å². The van der Waals surface area contributed by atoms with Gasteiger partial charge in [-0.05, 0) is 36.4 Å². The molecular formula is C15H14ClFN2O2. The molecule has 0 aliphatic carbocycles. The summed E-state index contributed by atoms with van der Waals surface area (Å²) < 4.78 is 18.7. The number of carbonyl (C=O) groups excluding carboxylic acids is 1. The molecule has 0 fully saturated rings. The summed E-state index contributed by atoms with van der Waals surface area (Å²) in [4.78, 5) is 11.7. The number of hydrogen-bond acceptors (Lipinski definition) is 3. The normalized spacial score (nSPS) is 10.2. The maximum atomic E-state index is 13.5. The highest BCUT2D eigenvalue weighted by Gasteiger charge is 2.08. The zero-order valence-electron chi connectivity index (χ0n) is 11.1. The van der Waals surface area contributed by atoms with Gasteiger partial charge in [-0.15, -0.1) is 0 Å². The summed E-state index contributed by atoms with van der Waals surface area (Å²) in [6.45, 7) is 0.0536. The summed E-state index contributed by atoms with van der Waals surface area (Å²) in [5.41, 5.74) is 6.81. The molecule has 110 valence electrons. The van der Waals surface area contributed by atoms with Gasteiger partial charge in [0.15, 0.2) is 11.6 Å². The molecule has 1 amide bonds. The summed E-state index contributed by atoms with van der Waals surface area (Å²) >= 11 is 5.63.